The minimum Gasteiger partial charge on any atom is -0.378 e. The molecule has 3 aromatic rings. The number of aryl methyl sites for hydroxylation is 1. The lowest BCUT2D eigenvalue weighted by molar-refractivity contribution is -0.138. The van der Waals surface area contributed by atoms with Crippen LogP contribution in [0.1, 0.15) is 108 Å². The molecular weight excluding hydrogens is 800 g/mol. The first-order valence-corrected chi connectivity index (χ1v) is 20.9. The van der Waals surface area contributed by atoms with Crippen molar-refractivity contribution in [3.63, 3.8) is 0 Å². The van der Waals surface area contributed by atoms with Crippen molar-refractivity contribution in [2.24, 2.45) is 13.0 Å². The highest BCUT2D eigenvalue weighted by Gasteiger charge is 2.53. The lowest BCUT2D eigenvalue weighted by Gasteiger charge is -2.42. The van der Waals surface area contributed by atoms with Crippen molar-refractivity contribution in [2.45, 2.75) is 127 Å². The number of nitrogens with zero attached hydrogens (tertiary/aromatic N) is 7. The number of carbonyl (C=O) groups excluding carboxylic acids is 4. The van der Waals surface area contributed by atoms with Crippen molar-refractivity contribution in [3.8, 4) is 6.07 Å². The summed E-state index contributed by atoms with van der Waals surface area (Å²) in [6.07, 6.45) is 2.53. The molecule has 0 spiro atoms. The highest BCUT2D eigenvalue weighted by Crippen LogP contribution is 2.41. The Kier molecular flexibility index (Phi) is 12.1. The van der Waals surface area contributed by atoms with Gasteiger partial charge in [-0.25, -0.2) is 4.98 Å². The van der Waals surface area contributed by atoms with Gasteiger partial charge in [-0.15, -0.1) is 0 Å². The molecular formula is C42H50F3N9O5S. The third kappa shape index (κ3) is 8.35. The van der Waals surface area contributed by atoms with E-state index in [1.54, 1.807) is 25.6 Å². The van der Waals surface area contributed by atoms with Gasteiger partial charge in [0.1, 0.15) is 11.6 Å². The Bertz CT molecular complexity index is 2240. The van der Waals surface area contributed by atoms with E-state index in [9.17, 15) is 37.6 Å². The van der Waals surface area contributed by atoms with E-state index >= 15 is 0 Å². The van der Waals surface area contributed by atoms with Gasteiger partial charge in [0, 0.05) is 43.6 Å². The van der Waals surface area contributed by atoms with Crippen molar-refractivity contribution in [3.05, 3.63) is 47.4 Å². The van der Waals surface area contributed by atoms with E-state index in [1.807, 2.05) is 23.1 Å². The van der Waals surface area contributed by atoms with Crippen LogP contribution in [0.3, 0.4) is 0 Å². The van der Waals surface area contributed by atoms with E-state index in [2.05, 4.69) is 39.5 Å². The zero-order valence-corrected chi connectivity index (χ0v) is 35.2. The number of nitriles is 1. The Morgan fingerprint density at radius 1 is 1.10 bits per heavy atom. The molecule has 4 amide bonds. The second kappa shape index (κ2) is 16.8. The summed E-state index contributed by atoms with van der Waals surface area (Å²) in [4.78, 5) is 60.3. The lowest BCUT2D eigenvalue weighted by Crippen LogP contribution is -2.51. The number of para-hydroxylation sites is 1. The second-order valence-electron chi connectivity index (χ2n) is 17.1. The third-order valence-corrected chi connectivity index (χ3v) is 13.1. The number of pyridine rings is 1. The Hall–Kier alpha value is -4.99. The average Bonchev–Trinajstić information content (AvgIpc) is 3.61. The zero-order chi connectivity index (χ0) is 43.3. The number of halogens is 3. The van der Waals surface area contributed by atoms with Crippen LogP contribution in [0.15, 0.2) is 30.5 Å². The van der Waals surface area contributed by atoms with Crippen molar-refractivity contribution >= 4 is 63.2 Å². The van der Waals surface area contributed by atoms with Crippen molar-refractivity contribution in [2.75, 3.05) is 23.4 Å². The van der Waals surface area contributed by atoms with Crippen LogP contribution in [0.25, 0.3) is 10.9 Å². The Balaban J connectivity index is 0.884. The number of ether oxygens (including phenoxy) is 1. The summed E-state index contributed by atoms with van der Waals surface area (Å²) in [5.74, 6) is -1.36. The molecule has 4 aliphatic rings. The molecule has 1 saturated carbocycles. The molecule has 2 N–H and O–H groups in total. The summed E-state index contributed by atoms with van der Waals surface area (Å²) in [6.45, 7) is 8.56. The van der Waals surface area contributed by atoms with E-state index in [4.69, 9.17) is 17.0 Å². The first-order valence-electron chi connectivity index (χ1n) is 20.5. The van der Waals surface area contributed by atoms with Gasteiger partial charge in [-0.3, -0.25) is 39.0 Å². The van der Waals surface area contributed by atoms with Crippen LogP contribution >= 0.6 is 12.2 Å². The first kappa shape index (κ1) is 43.1. The smallest absolute Gasteiger partial charge is 0.378 e. The molecule has 14 nitrogen and oxygen atoms in total. The summed E-state index contributed by atoms with van der Waals surface area (Å²) in [7, 11) is 1.78. The van der Waals surface area contributed by atoms with Crippen LogP contribution in [0.2, 0.25) is 0 Å². The largest absolute Gasteiger partial charge is 0.419 e. The molecule has 2 aromatic heterocycles. The number of hydrogen-bond acceptors (Lipinski definition) is 10. The summed E-state index contributed by atoms with van der Waals surface area (Å²) in [5.41, 5.74) is -1.29. The molecule has 3 aliphatic heterocycles. The summed E-state index contributed by atoms with van der Waals surface area (Å²) in [5, 5.41) is 20.2. The maximum absolute atomic E-state index is 13.7. The van der Waals surface area contributed by atoms with Crippen LogP contribution in [0, 0.1) is 17.2 Å². The number of benzene rings is 1. The quantitative estimate of drug-likeness (QED) is 0.183. The Morgan fingerprint density at radius 2 is 1.80 bits per heavy atom. The zero-order valence-electron chi connectivity index (χ0n) is 34.3. The van der Waals surface area contributed by atoms with Gasteiger partial charge in [-0.05, 0) is 109 Å². The van der Waals surface area contributed by atoms with Crippen molar-refractivity contribution in [1.82, 2.24) is 29.9 Å². The monoisotopic (exact) mass is 849 g/mol. The molecule has 320 valence electrons. The van der Waals surface area contributed by atoms with Crippen molar-refractivity contribution < 1.29 is 37.1 Å². The van der Waals surface area contributed by atoms with Crippen LogP contribution in [0.5, 0.6) is 0 Å². The van der Waals surface area contributed by atoms with Gasteiger partial charge in [0.25, 0.3) is 5.91 Å². The van der Waals surface area contributed by atoms with Gasteiger partial charge in [0.05, 0.1) is 52.9 Å². The van der Waals surface area contributed by atoms with Crippen LogP contribution in [0.4, 0.5) is 24.5 Å². The van der Waals surface area contributed by atoms with E-state index in [1.165, 1.54) is 6.07 Å². The molecule has 5 heterocycles. The van der Waals surface area contributed by atoms with Gasteiger partial charge in [-0.2, -0.15) is 23.5 Å². The molecule has 3 unspecified atom stereocenters. The Morgan fingerprint density at radius 3 is 2.45 bits per heavy atom. The summed E-state index contributed by atoms with van der Waals surface area (Å²) >= 11 is 5.73. The maximum atomic E-state index is 13.7. The maximum Gasteiger partial charge on any atom is 0.419 e. The van der Waals surface area contributed by atoms with E-state index in [-0.39, 0.29) is 65.7 Å². The minimum atomic E-state index is -4.83. The first-order chi connectivity index (χ1) is 28.4. The molecule has 1 aliphatic carbocycles. The topological polar surface area (TPSA) is 166 Å². The number of fused-ring (bicyclic) bond motifs is 1. The van der Waals surface area contributed by atoms with E-state index in [0.717, 1.165) is 54.7 Å². The van der Waals surface area contributed by atoms with Crippen LogP contribution in [-0.4, -0.2) is 96.2 Å². The standard InChI is InChI=1S/C42H50F3N9O5S/c1-23-17-25(18-24(2)52(23)22-35(56)48-32-8-6-7-29-36(50-51(5)37(29)32)30-13-14-34(55)49-38(30)57)15-16-59-28-11-9-26(10-12-28)54-40(60)53(39(58)41(54,3)4)27-19-31(42(43,44)45)33(20-46)47-21-27/h6-8,19,21,23-26,28,30H,9-18,22H2,1-5H3,(H,48,56)(H,49,55,57). The fraction of sp³-hybridized carbons (Fsp3) is 0.571. The van der Waals surface area contributed by atoms with Gasteiger partial charge in [-0.1, -0.05) is 12.1 Å². The van der Waals surface area contributed by atoms with E-state index < -0.39 is 34.8 Å². The molecule has 18 heteroatoms. The number of alkyl halides is 3. The number of hydrogen-bond donors (Lipinski definition) is 2. The fourth-order valence-corrected chi connectivity index (χ4v) is 10.3. The molecule has 0 bridgehead atoms. The van der Waals surface area contributed by atoms with Gasteiger partial charge >= 0.3 is 6.18 Å². The second-order valence-corrected chi connectivity index (χ2v) is 17.5. The summed E-state index contributed by atoms with van der Waals surface area (Å²) < 4.78 is 49.2. The highest BCUT2D eigenvalue weighted by molar-refractivity contribution is 7.80. The Labute approximate surface area is 351 Å². The number of piperidine rings is 2. The van der Waals surface area contributed by atoms with Gasteiger partial charge in [0.15, 0.2) is 10.8 Å². The number of nitrogens with one attached hydrogen (secondary N) is 2. The van der Waals surface area contributed by atoms with Gasteiger partial charge < -0.3 is 15.0 Å². The highest BCUT2D eigenvalue weighted by atomic mass is 32.1. The number of likely N-dealkylation sites (tertiary alicyclic amines) is 1. The third-order valence-electron chi connectivity index (χ3n) is 12.7. The van der Waals surface area contributed by atoms with Crippen LogP contribution < -0.4 is 15.5 Å². The normalized spacial score (nSPS) is 26.4. The number of aromatic nitrogens is 3. The average molecular weight is 850 g/mol. The van der Waals surface area contributed by atoms with Gasteiger partial charge in [0.2, 0.25) is 17.7 Å². The van der Waals surface area contributed by atoms with Crippen LogP contribution in [-0.2, 0) is 37.1 Å². The molecule has 3 saturated heterocycles. The SMILES string of the molecule is CC1CC(CCOC2CCC(N3C(=S)N(c4cnc(C#N)c(C(F)(F)F)c4)C(=O)C3(C)C)CC2)CC(C)N1CC(=O)Nc1cccc2c(C3CCC(=O)NC3=O)nn(C)c12. The lowest BCUT2D eigenvalue weighted by atomic mass is 9.85. The molecule has 60 heavy (non-hydrogen) atoms. The molecule has 1 aromatic carbocycles. The number of thiocarbonyl (C=S) groups is 1. The predicted molar refractivity (Wildman–Crippen MR) is 219 cm³/mol. The predicted octanol–water partition coefficient (Wildman–Crippen LogP) is 5.94. The molecule has 0 radical (unpaired) electrons. The molecule has 7 rings (SSSR count). The van der Waals surface area contributed by atoms with Crippen molar-refractivity contribution in [1.29, 1.82) is 5.26 Å². The molecule has 4 fully saturated rings. The number of rotatable bonds is 10. The summed E-state index contributed by atoms with van der Waals surface area (Å²) in [6, 6.07) is 8.00. The number of imide groups is 1. The molecule has 3 atom stereocenters. The number of amides is 4. The minimum absolute atomic E-state index is 0.0343. The number of anilines is 2. The number of carbonyl (C=O) groups is 4. The fourth-order valence-electron chi connectivity index (χ4n) is 9.75. The van der Waals surface area contributed by atoms with E-state index in [0.29, 0.717) is 48.7 Å².